The molecule has 0 aliphatic carbocycles. The molecule has 0 spiro atoms. The van der Waals surface area contributed by atoms with Crippen molar-refractivity contribution in [3.63, 3.8) is 0 Å². The number of carbonyl (C=O) groups excluding carboxylic acids is 2. The van der Waals surface area contributed by atoms with Gasteiger partial charge in [-0.25, -0.2) is 0 Å². The maximum Gasteiger partial charge on any atom is 0.225 e. The largest absolute Gasteiger partial charge is 0.374 e. The van der Waals surface area contributed by atoms with Crippen LogP contribution in [-0.4, -0.2) is 44.8 Å². The van der Waals surface area contributed by atoms with E-state index in [1.54, 1.807) is 20.8 Å². The van der Waals surface area contributed by atoms with E-state index in [1.165, 1.54) is 21.3 Å². The SMILES string of the molecule is CCC(=O)C(C)(OC)OC.CCC(=O)C(C)OC. The molecule has 0 aromatic rings. The summed E-state index contributed by atoms with van der Waals surface area (Å²) < 4.78 is 14.5. The molecule has 5 heteroatoms. The molecule has 1 atom stereocenters. The van der Waals surface area contributed by atoms with Gasteiger partial charge in [0.2, 0.25) is 5.79 Å². The molecule has 0 saturated carbocycles. The Morgan fingerprint density at radius 3 is 1.61 bits per heavy atom. The maximum atomic E-state index is 11.0. The van der Waals surface area contributed by atoms with E-state index in [4.69, 9.17) is 14.2 Å². The number of ether oxygens (including phenoxy) is 3. The van der Waals surface area contributed by atoms with Crippen LogP contribution in [-0.2, 0) is 23.8 Å². The van der Waals surface area contributed by atoms with Crippen LogP contribution >= 0.6 is 0 Å². The molecule has 0 aromatic carbocycles. The average molecular weight is 262 g/mol. The van der Waals surface area contributed by atoms with Gasteiger partial charge in [-0.3, -0.25) is 9.59 Å². The molecule has 0 N–H and O–H groups in total. The maximum absolute atomic E-state index is 11.0. The summed E-state index contributed by atoms with van der Waals surface area (Å²) in [6.45, 7) is 6.97. The predicted molar refractivity (Wildman–Crippen MR) is 69.5 cm³/mol. The van der Waals surface area contributed by atoms with Crippen molar-refractivity contribution < 1.29 is 23.8 Å². The minimum Gasteiger partial charge on any atom is -0.374 e. The Morgan fingerprint density at radius 2 is 1.50 bits per heavy atom. The van der Waals surface area contributed by atoms with E-state index >= 15 is 0 Å². The molecule has 0 fully saturated rings. The molecule has 0 radical (unpaired) electrons. The molecule has 1 unspecified atom stereocenters. The Balaban J connectivity index is 0. The Bertz CT molecular complexity index is 246. The van der Waals surface area contributed by atoms with Crippen LogP contribution in [0.4, 0.5) is 0 Å². The summed E-state index contributed by atoms with van der Waals surface area (Å²) >= 11 is 0. The number of methoxy groups -OCH3 is 3. The third kappa shape index (κ3) is 6.83. The highest BCUT2D eigenvalue weighted by atomic mass is 16.7. The third-order valence-corrected chi connectivity index (χ3v) is 2.76. The van der Waals surface area contributed by atoms with Gasteiger partial charge in [0.25, 0.3) is 0 Å². The van der Waals surface area contributed by atoms with Crippen LogP contribution in [0, 0.1) is 0 Å². The quantitative estimate of drug-likeness (QED) is 0.656. The average Bonchev–Trinajstić information content (AvgIpc) is 2.44. The highest BCUT2D eigenvalue weighted by molar-refractivity contribution is 5.85. The molecule has 18 heavy (non-hydrogen) atoms. The van der Waals surface area contributed by atoms with E-state index in [2.05, 4.69) is 0 Å². The number of Topliss-reactive ketones (excluding diaryl/α,β-unsaturated/α-hetero) is 2. The normalized spacial score (nSPS) is 12.4. The van der Waals surface area contributed by atoms with Crippen molar-refractivity contribution in [1.29, 1.82) is 0 Å². The second-order valence-electron chi connectivity index (χ2n) is 3.83. The Kier molecular flexibility index (Phi) is 11.1. The zero-order chi connectivity index (χ0) is 14.8. The van der Waals surface area contributed by atoms with Crippen LogP contribution in [0.25, 0.3) is 0 Å². The fraction of sp³-hybridized carbons (Fsp3) is 0.846. The van der Waals surface area contributed by atoms with Crippen molar-refractivity contribution in [2.75, 3.05) is 21.3 Å². The first-order valence-electron chi connectivity index (χ1n) is 6.01. The molecule has 0 saturated heterocycles. The Morgan fingerprint density at radius 1 is 1.06 bits per heavy atom. The summed E-state index contributed by atoms with van der Waals surface area (Å²) in [4.78, 5) is 21.7. The third-order valence-electron chi connectivity index (χ3n) is 2.76. The number of ketones is 2. The summed E-state index contributed by atoms with van der Waals surface area (Å²) in [5.74, 6) is -0.931. The van der Waals surface area contributed by atoms with Crippen molar-refractivity contribution in [3.05, 3.63) is 0 Å². The second kappa shape index (κ2) is 10.2. The highest BCUT2D eigenvalue weighted by Crippen LogP contribution is 2.12. The zero-order valence-corrected chi connectivity index (χ0v) is 12.5. The predicted octanol–water partition coefficient (Wildman–Crippen LogP) is 1.97. The first kappa shape index (κ1) is 19.6. The van der Waals surface area contributed by atoms with E-state index in [9.17, 15) is 9.59 Å². The lowest BCUT2D eigenvalue weighted by Gasteiger charge is -2.23. The molecule has 108 valence electrons. The number of hydrogen-bond acceptors (Lipinski definition) is 5. The molecule has 0 aliphatic rings. The molecule has 0 rings (SSSR count). The zero-order valence-electron chi connectivity index (χ0n) is 12.5. The molecule has 0 bridgehead atoms. The molecular weight excluding hydrogens is 236 g/mol. The van der Waals surface area contributed by atoms with Gasteiger partial charge in [0.15, 0.2) is 11.6 Å². The van der Waals surface area contributed by atoms with Gasteiger partial charge in [-0.15, -0.1) is 0 Å². The fourth-order valence-electron chi connectivity index (χ4n) is 1.05. The first-order chi connectivity index (χ1) is 8.32. The highest BCUT2D eigenvalue weighted by Gasteiger charge is 2.30. The molecule has 0 amide bonds. The second-order valence-corrected chi connectivity index (χ2v) is 3.83. The number of carbonyl (C=O) groups is 2. The van der Waals surface area contributed by atoms with Crippen LogP contribution < -0.4 is 0 Å². The van der Waals surface area contributed by atoms with Gasteiger partial charge in [0, 0.05) is 34.2 Å². The van der Waals surface area contributed by atoms with Gasteiger partial charge in [-0.05, 0) is 13.8 Å². The van der Waals surface area contributed by atoms with Crippen LogP contribution in [0.2, 0.25) is 0 Å². The summed E-state index contributed by atoms with van der Waals surface area (Å²) in [6.07, 6.45) is 0.771. The lowest BCUT2D eigenvalue weighted by atomic mass is 10.1. The summed E-state index contributed by atoms with van der Waals surface area (Å²) in [6, 6.07) is 0. The van der Waals surface area contributed by atoms with Crippen molar-refractivity contribution in [3.8, 4) is 0 Å². The van der Waals surface area contributed by atoms with Crippen molar-refractivity contribution in [2.45, 2.75) is 52.4 Å². The summed E-state index contributed by atoms with van der Waals surface area (Å²) in [5, 5.41) is 0. The Hall–Kier alpha value is -0.780. The van der Waals surface area contributed by atoms with Gasteiger partial charge in [-0.1, -0.05) is 13.8 Å². The van der Waals surface area contributed by atoms with E-state index in [0.717, 1.165) is 0 Å². The molecule has 0 aliphatic heterocycles. The molecule has 0 heterocycles. The van der Waals surface area contributed by atoms with E-state index < -0.39 is 5.79 Å². The van der Waals surface area contributed by atoms with E-state index in [0.29, 0.717) is 12.8 Å². The van der Waals surface area contributed by atoms with Gasteiger partial charge < -0.3 is 14.2 Å². The lowest BCUT2D eigenvalue weighted by molar-refractivity contribution is -0.198. The first-order valence-corrected chi connectivity index (χ1v) is 6.01. The van der Waals surface area contributed by atoms with Crippen LogP contribution in [0.15, 0.2) is 0 Å². The topological polar surface area (TPSA) is 61.8 Å². The van der Waals surface area contributed by atoms with Gasteiger partial charge >= 0.3 is 0 Å². The smallest absolute Gasteiger partial charge is 0.225 e. The van der Waals surface area contributed by atoms with Crippen LogP contribution in [0.1, 0.15) is 40.5 Å². The minimum atomic E-state index is -1.05. The van der Waals surface area contributed by atoms with Gasteiger partial charge in [0.05, 0.1) is 0 Å². The van der Waals surface area contributed by atoms with Crippen molar-refractivity contribution in [1.82, 2.24) is 0 Å². The summed E-state index contributed by atoms with van der Waals surface area (Å²) in [5.41, 5.74) is 0. The lowest BCUT2D eigenvalue weighted by Crippen LogP contribution is -2.38. The van der Waals surface area contributed by atoms with Gasteiger partial charge in [-0.2, -0.15) is 0 Å². The molecular formula is C13H26O5. The molecule has 0 aromatic heterocycles. The fourth-order valence-corrected chi connectivity index (χ4v) is 1.05. The van der Waals surface area contributed by atoms with Gasteiger partial charge in [0.1, 0.15) is 6.10 Å². The Labute approximate surface area is 110 Å². The number of rotatable bonds is 7. The molecule has 5 nitrogen and oxygen atoms in total. The monoisotopic (exact) mass is 262 g/mol. The van der Waals surface area contributed by atoms with Crippen molar-refractivity contribution >= 4 is 11.6 Å². The van der Waals surface area contributed by atoms with Crippen LogP contribution in [0.5, 0.6) is 0 Å². The number of hydrogen-bond donors (Lipinski definition) is 0. The minimum absolute atomic E-state index is 0.0440. The van der Waals surface area contributed by atoms with E-state index in [-0.39, 0.29) is 17.7 Å². The van der Waals surface area contributed by atoms with Crippen molar-refractivity contribution in [2.24, 2.45) is 0 Å². The van der Waals surface area contributed by atoms with E-state index in [1.807, 2.05) is 6.92 Å². The standard InChI is InChI=1S/C7H14O3.C6H12O2/c1-5-6(8)7(2,9-3)10-4;1-4-6(7)5(2)8-3/h5H2,1-4H3;5H,4H2,1-3H3. The van der Waals surface area contributed by atoms with Crippen LogP contribution in [0.3, 0.4) is 0 Å². The summed E-state index contributed by atoms with van der Waals surface area (Å²) in [7, 11) is 4.45.